The summed E-state index contributed by atoms with van der Waals surface area (Å²) in [4.78, 5) is 25.5. The van der Waals surface area contributed by atoms with Gasteiger partial charge in [0.15, 0.2) is 0 Å². The Morgan fingerprint density at radius 3 is 2.18 bits per heavy atom. The predicted octanol–water partition coefficient (Wildman–Crippen LogP) is 2.55. The maximum Gasteiger partial charge on any atom is 0.251 e. The van der Waals surface area contributed by atoms with E-state index in [0.717, 1.165) is 5.56 Å². The van der Waals surface area contributed by atoms with Crippen LogP contribution in [-0.4, -0.2) is 66.9 Å². The predicted molar refractivity (Wildman–Crippen MR) is 149 cm³/mol. The topological polar surface area (TPSA) is 148 Å². The molecule has 12 heteroatoms. The highest BCUT2D eigenvalue weighted by molar-refractivity contribution is 5.94. The van der Waals surface area contributed by atoms with Crippen molar-refractivity contribution in [2.45, 2.75) is 13.1 Å². The second-order valence-electron chi connectivity index (χ2n) is 8.24. The molecule has 0 atom stereocenters. The average Bonchev–Trinajstić information content (AvgIpc) is 2.96. The number of nitrogens with one attached hydrogen (secondary N) is 4. The maximum absolute atomic E-state index is 14.0. The molecule has 0 aliphatic carbocycles. The lowest BCUT2D eigenvalue weighted by atomic mass is 10.1. The number of carbonyl (C=O) groups is 1. The van der Waals surface area contributed by atoms with E-state index < -0.39 is 0 Å². The van der Waals surface area contributed by atoms with Gasteiger partial charge in [-0.25, -0.2) is 4.39 Å². The van der Waals surface area contributed by atoms with E-state index in [1.165, 1.54) is 6.07 Å². The van der Waals surface area contributed by atoms with Crippen molar-refractivity contribution >= 4 is 23.8 Å². The fraction of sp³-hybridized carbons (Fsp3) is 0.333. The van der Waals surface area contributed by atoms with Crippen LogP contribution in [0.3, 0.4) is 0 Å². The van der Waals surface area contributed by atoms with Crippen LogP contribution >= 0.6 is 0 Å². The zero-order valence-corrected chi connectivity index (χ0v) is 21.8. The third-order valence-electron chi connectivity index (χ3n) is 5.27. The maximum atomic E-state index is 14.0. The molecule has 0 bridgehead atoms. The number of benzene rings is 2. The van der Waals surface area contributed by atoms with Crippen molar-refractivity contribution in [3.8, 4) is 0 Å². The lowest BCUT2D eigenvalue weighted by Crippen LogP contribution is -2.27. The van der Waals surface area contributed by atoms with E-state index in [9.17, 15) is 9.18 Å². The van der Waals surface area contributed by atoms with Gasteiger partial charge in [0.2, 0.25) is 17.8 Å². The third kappa shape index (κ3) is 10.6. The Balaban J connectivity index is 1.50. The van der Waals surface area contributed by atoms with Crippen LogP contribution in [0.1, 0.15) is 21.5 Å². The summed E-state index contributed by atoms with van der Waals surface area (Å²) < 4.78 is 24.6. The first-order valence-corrected chi connectivity index (χ1v) is 12.6. The zero-order chi connectivity index (χ0) is 27.7. The first-order valence-electron chi connectivity index (χ1n) is 12.6. The third-order valence-corrected chi connectivity index (χ3v) is 5.27. The van der Waals surface area contributed by atoms with Crippen molar-refractivity contribution in [2.75, 3.05) is 62.0 Å². The van der Waals surface area contributed by atoms with Gasteiger partial charge in [-0.3, -0.25) is 4.79 Å². The Kier molecular flexibility index (Phi) is 12.6. The minimum Gasteiger partial charge on any atom is -0.378 e. The minimum absolute atomic E-state index is 0.182. The molecule has 6 N–H and O–H groups in total. The molecule has 11 nitrogen and oxygen atoms in total. The highest BCUT2D eigenvalue weighted by atomic mass is 19.1. The molecular weight excluding hydrogens is 503 g/mol. The molecule has 1 amide bonds. The number of anilines is 3. The molecule has 39 heavy (non-hydrogen) atoms. The summed E-state index contributed by atoms with van der Waals surface area (Å²) in [5, 5.41) is 12.1. The first kappa shape index (κ1) is 29.4. The lowest BCUT2D eigenvalue weighted by molar-refractivity contribution is 0.0511. The van der Waals surface area contributed by atoms with E-state index in [2.05, 4.69) is 42.8 Å². The molecule has 1 aromatic heterocycles. The SMILES string of the molecule is C=CCNc1nc(NCc2ccc(C(=O)NCCOCCOCCN)cc2)nc(NCc2ccccc2F)n1. The molecule has 0 fully saturated rings. The van der Waals surface area contributed by atoms with Crippen molar-refractivity contribution in [1.29, 1.82) is 0 Å². The van der Waals surface area contributed by atoms with Gasteiger partial charge in [0, 0.05) is 43.9 Å². The molecule has 0 saturated heterocycles. The summed E-state index contributed by atoms with van der Waals surface area (Å²) in [7, 11) is 0. The average molecular weight is 539 g/mol. The number of nitrogens with zero attached hydrogens (tertiary/aromatic N) is 3. The number of carbonyl (C=O) groups excluding carboxylic acids is 1. The van der Waals surface area contributed by atoms with Crippen LogP contribution in [0.25, 0.3) is 0 Å². The molecule has 0 aliphatic rings. The van der Waals surface area contributed by atoms with Crippen LogP contribution in [0.5, 0.6) is 0 Å². The summed E-state index contributed by atoms with van der Waals surface area (Å²) in [5.41, 5.74) is 7.31. The number of rotatable bonds is 18. The number of aromatic nitrogens is 3. The Bertz CT molecular complexity index is 1180. The molecule has 2 aromatic carbocycles. The largest absolute Gasteiger partial charge is 0.378 e. The minimum atomic E-state index is -0.308. The Morgan fingerprint density at radius 1 is 0.872 bits per heavy atom. The molecule has 1 heterocycles. The first-order chi connectivity index (χ1) is 19.1. The Labute approximate surface area is 227 Å². The second kappa shape index (κ2) is 16.7. The lowest BCUT2D eigenvalue weighted by Gasteiger charge is -2.11. The summed E-state index contributed by atoms with van der Waals surface area (Å²) >= 11 is 0. The Hall–Kier alpha value is -4.13. The fourth-order valence-corrected chi connectivity index (χ4v) is 3.29. The molecule has 0 aliphatic heterocycles. The van der Waals surface area contributed by atoms with Gasteiger partial charge >= 0.3 is 0 Å². The van der Waals surface area contributed by atoms with E-state index in [1.807, 2.05) is 12.1 Å². The Morgan fingerprint density at radius 2 is 1.51 bits per heavy atom. The molecule has 0 unspecified atom stereocenters. The van der Waals surface area contributed by atoms with Gasteiger partial charge in [0.1, 0.15) is 5.82 Å². The molecule has 208 valence electrons. The monoisotopic (exact) mass is 538 g/mol. The number of ether oxygens (including phenoxy) is 2. The fourth-order valence-electron chi connectivity index (χ4n) is 3.29. The van der Waals surface area contributed by atoms with Gasteiger partial charge in [-0.05, 0) is 23.8 Å². The van der Waals surface area contributed by atoms with Crippen LogP contribution in [0.4, 0.5) is 22.2 Å². The van der Waals surface area contributed by atoms with Gasteiger partial charge in [0.05, 0.1) is 26.4 Å². The van der Waals surface area contributed by atoms with Crippen molar-refractivity contribution in [3.63, 3.8) is 0 Å². The molecule has 0 saturated carbocycles. The summed E-state index contributed by atoms with van der Waals surface area (Å²) in [6.07, 6.45) is 1.69. The highest BCUT2D eigenvalue weighted by Gasteiger charge is 2.09. The highest BCUT2D eigenvalue weighted by Crippen LogP contribution is 2.14. The van der Waals surface area contributed by atoms with Gasteiger partial charge in [-0.2, -0.15) is 15.0 Å². The van der Waals surface area contributed by atoms with E-state index in [1.54, 1.807) is 36.4 Å². The van der Waals surface area contributed by atoms with E-state index in [4.69, 9.17) is 15.2 Å². The van der Waals surface area contributed by atoms with E-state index in [0.29, 0.717) is 81.6 Å². The molecule has 0 radical (unpaired) electrons. The van der Waals surface area contributed by atoms with Crippen LogP contribution in [0.2, 0.25) is 0 Å². The zero-order valence-electron chi connectivity index (χ0n) is 21.8. The van der Waals surface area contributed by atoms with Crippen LogP contribution < -0.4 is 27.0 Å². The standard InChI is InChI=1S/C27H35FN8O3/c1-2-12-31-25-34-26(36-27(35-25)33-19-22-5-3-4-6-23(22)28)32-18-20-7-9-21(10-8-20)24(37)30-13-15-39-17-16-38-14-11-29/h2-10H,1,11-19,29H2,(H,30,37)(H3,31,32,33,34,35,36). The van der Waals surface area contributed by atoms with Gasteiger partial charge in [-0.15, -0.1) is 6.58 Å². The second-order valence-corrected chi connectivity index (χ2v) is 8.24. The van der Waals surface area contributed by atoms with E-state index in [-0.39, 0.29) is 18.3 Å². The molecule has 3 aromatic rings. The van der Waals surface area contributed by atoms with Crippen molar-refractivity contribution < 1.29 is 18.7 Å². The van der Waals surface area contributed by atoms with Crippen molar-refractivity contribution in [2.24, 2.45) is 5.73 Å². The number of hydrogen-bond donors (Lipinski definition) is 5. The van der Waals surface area contributed by atoms with Gasteiger partial charge in [-0.1, -0.05) is 36.4 Å². The summed E-state index contributed by atoms with van der Waals surface area (Å²) in [5.74, 6) is 0.488. The van der Waals surface area contributed by atoms with Gasteiger partial charge in [0.25, 0.3) is 5.91 Å². The smallest absolute Gasteiger partial charge is 0.251 e. The quantitative estimate of drug-likeness (QED) is 0.121. The molecule has 0 spiro atoms. The van der Waals surface area contributed by atoms with E-state index >= 15 is 0 Å². The summed E-state index contributed by atoms with van der Waals surface area (Å²) in [6, 6.07) is 13.7. The van der Waals surface area contributed by atoms with Gasteiger partial charge < -0.3 is 36.5 Å². The van der Waals surface area contributed by atoms with Crippen molar-refractivity contribution in [3.05, 3.63) is 83.7 Å². The number of hydrogen-bond acceptors (Lipinski definition) is 10. The van der Waals surface area contributed by atoms with Crippen molar-refractivity contribution in [1.82, 2.24) is 20.3 Å². The molecular formula is C27H35FN8O3. The normalized spacial score (nSPS) is 10.6. The van der Waals surface area contributed by atoms with Crippen LogP contribution in [0, 0.1) is 5.82 Å². The number of amides is 1. The van der Waals surface area contributed by atoms with Crippen LogP contribution in [0.15, 0.2) is 61.2 Å². The molecule has 3 rings (SSSR count). The summed E-state index contributed by atoms with van der Waals surface area (Å²) in [6.45, 7) is 7.50. The number of nitrogens with two attached hydrogens (primary N) is 1. The van der Waals surface area contributed by atoms with Crippen LogP contribution in [-0.2, 0) is 22.6 Å². The number of halogens is 1.